The number of thiophene rings is 1. The molecule has 1 aliphatic heterocycles. The Morgan fingerprint density at radius 3 is 3.17 bits per heavy atom. The van der Waals surface area contributed by atoms with Gasteiger partial charge in [-0.2, -0.15) is 0 Å². The molecule has 0 radical (unpaired) electrons. The number of imidazole rings is 1. The normalized spacial score (nSPS) is 17.2. The summed E-state index contributed by atoms with van der Waals surface area (Å²) in [6.07, 6.45) is 5.46. The lowest BCUT2D eigenvalue weighted by atomic mass is 10.1. The number of rotatable bonds is 2. The van der Waals surface area contributed by atoms with Crippen LogP contribution in [0, 0.1) is 12.7 Å². The first-order valence-corrected chi connectivity index (χ1v) is 8.43. The van der Waals surface area contributed by atoms with Crippen LogP contribution in [0.1, 0.15) is 27.5 Å². The Bertz CT molecular complexity index is 899. The molecule has 0 spiro atoms. The number of nitrogens with one attached hydrogen (secondary N) is 1. The van der Waals surface area contributed by atoms with E-state index in [-0.39, 0.29) is 17.8 Å². The summed E-state index contributed by atoms with van der Waals surface area (Å²) in [5.74, 6) is 0.684. The van der Waals surface area contributed by atoms with Gasteiger partial charge < -0.3 is 9.88 Å². The number of benzene rings is 1. The molecule has 1 aromatic carbocycles. The first kappa shape index (κ1) is 14.4. The molecule has 0 saturated heterocycles. The van der Waals surface area contributed by atoms with Gasteiger partial charge in [-0.25, -0.2) is 9.37 Å². The van der Waals surface area contributed by atoms with Crippen LogP contribution in [-0.2, 0) is 13.0 Å². The maximum atomic E-state index is 14.0. The van der Waals surface area contributed by atoms with E-state index in [4.69, 9.17) is 0 Å². The molecule has 3 aromatic rings. The molecule has 23 heavy (non-hydrogen) atoms. The molecule has 4 rings (SSSR count). The molecule has 1 N–H and O–H groups in total. The lowest BCUT2D eigenvalue weighted by molar-refractivity contribution is 0.0931. The molecule has 0 saturated carbocycles. The summed E-state index contributed by atoms with van der Waals surface area (Å²) >= 11 is 1.35. The smallest absolute Gasteiger partial charge is 0.261 e. The molecular weight excluding hydrogens is 313 g/mol. The van der Waals surface area contributed by atoms with Crippen molar-refractivity contribution >= 4 is 27.3 Å². The van der Waals surface area contributed by atoms with Crippen molar-refractivity contribution in [2.24, 2.45) is 0 Å². The van der Waals surface area contributed by atoms with Gasteiger partial charge in [0, 0.05) is 41.5 Å². The topological polar surface area (TPSA) is 46.9 Å². The number of aryl methyl sites for hydroxylation is 2. The molecule has 1 amide bonds. The lowest BCUT2D eigenvalue weighted by Crippen LogP contribution is -2.40. The average Bonchev–Trinajstić information content (AvgIpc) is 3.12. The zero-order chi connectivity index (χ0) is 16.0. The molecule has 0 fully saturated rings. The Kier molecular flexibility index (Phi) is 3.41. The van der Waals surface area contributed by atoms with Crippen molar-refractivity contribution in [2.45, 2.75) is 32.4 Å². The van der Waals surface area contributed by atoms with Crippen LogP contribution in [0.5, 0.6) is 0 Å². The number of amides is 1. The number of hydrogen-bond acceptors (Lipinski definition) is 3. The predicted molar refractivity (Wildman–Crippen MR) is 88.3 cm³/mol. The number of aromatic nitrogens is 2. The monoisotopic (exact) mass is 329 g/mol. The first-order chi connectivity index (χ1) is 11.1. The van der Waals surface area contributed by atoms with E-state index in [1.807, 2.05) is 19.2 Å². The van der Waals surface area contributed by atoms with Gasteiger partial charge in [0.2, 0.25) is 0 Å². The Morgan fingerprint density at radius 1 is 1.48 bits per heavy atom. The van der Waals surface area contributed by atoms with Crippen LogP contribution >= 0.6 is 11.3 Å². The molecule has 1 aliphatic rings. The Balaban J connectivity index is 1.58. The van der Waals surface area contributed by atoms with Gasteiger partial charge in [0.05, 0.1) is 4.88 Å². The number of halogens is 1. The largest absolute Gasteiger partial charge is 0.347 e. The minimum atomic E-state index is -0.268. The van der Waals surface area contributed by atoms with E-state index in [0.29, 0.717) is 10.3 Å². The van der Waals surface area contributed by atoms with Gasteiger partial charge in [0.25, 0.3) is 5.91 Å². The molecule has 118 valence electrons. The van der Waals surface area contributed by atoms with Gasteiger partial charge in [-0.15, -0.1) is 11.3 Å². The highest BCUT2D eigenvalue weighted by molar-refractivity contribution is 7.21. The summed E-state index contributed by atoms with van der Waals surface area (Å²) in [6.45, 7) is 2.55. The molecule has 0 unspecified atom stereocenters. The summed E-state index contributed by atoms with van der Waals surface area (Å²) in [4.78, 5) is 17.5. The van der Waals surface area contributed by atoms with Crippen LogP contribution in [-0.4, -0.2) is 21.5 Å². The summed E-state index contributed by atoms with van der Waals surface area (Å²) in [5, 5.41) is 3.65. The highest BCUT2D eigenvalue weighted by atomic mass is 32.1. The van der Waals surface area contributed by atoms with Crippen molar-refractivity contribution in [3.05, 3.63) is 52.7 Å². The highest BCUT2D eigenvalue weighted by Crippen LogP contribution is 2.32. The van der Waals surface area contributed by atoms with Crippen LogP contribution in [0.15, 0.2) is 30.6 Å². The number of carbonyl (C=O) groups is 1. The number of carbonyl (C=O) groups excluding carboxylic acids is 1. The first-order valence-electron chi connectivity index (χ1n) is 7.62. The number of hydrogen-bond donors (Lipinski definition) is 1. The average molecular weight is 329 g/mol. The summed E-state index contributed by atoms with van der Waals surface area (Å²) < 4.78 is 16.9. The summed E-state index contributed by atoms with van der Waals surface area (Å²) in [7, 11) is 0. The molecule has 2 aromatic heterocycles. The maximum Gasteiger partial charge on any atom is 0.261 e. The fraction of sp³-hybridized carbons (Fsp3) is 0.294. The van der Waals surface area contributed by atoms with Gasteiger partial charge in [0.1, 0.15) is 11.6 Å². The quantitative estimate of drug-likeness (QED) is 0.784. The molecular formula is C17H16FN3OS. The van der Waals surface area contributed by atoms with E-state index in [1.165, 1.54) is 17.4 Å². The third-order valence-electron chi connectivity index (χ3n) is 4.38. The number of fused-ring (bicyclic) bond motifs is 2. The third-order valence-corrected chi connectivity index (χ3v) is 5.64. The third kappa shape index (κ3) is 2.43. The van der Waals surface area contributed by atoms with Crippen LogP contribution in [0.25, 0.3) is 10.1 Å². The highest BCUT2D eigenvalue weighted by Gasteiger charge is 2.23. The standard InChI is InChI=1S/C17H16FN3OS/c1-10-15-12(18)3-2-4-13(15)23-16(10)17(22)20-11-5-6-14-19-7-8-21(14)9-11/h2-4,7-8,11H,5-6,9H2,1H3,(H,20,22)/t11-/m1/s1. The minimum Gasteiger partial charge on any atom is -0.347 e. The van der Waals surface area contributed by atoms with E-state index in [1.54, 1.807) is 12.3 Å². The number of nitrogens with zero attached hydrogens (tertiary/aromatic N) is 2. The summed E-state index contributed by atoms with van der Waals surface area (Å²) in [6, 6.07) is 5.05. The Hall–Kier alpha value is -2.21. The van der Waals surface area contributed by atoms with Gasteiger partial charge in [0.15, 0.2) is 0 Å². The van der Waals surface area contributed by atoms with Crippen molar-refractivity contribution in [1.29, 1.82) is 0 Å². The molecule has 0 aliphatic carbocycles. The second-order valence-corrected chi connectivity index (χ2v) is 6.93. The van der Waals surface area contributed by atoms with Gasteiger partial charge in [-0.3, -0.25) is 4.79 Å². The second-order valence-electron chi connectivity index (χ2n) is 5.87. The van der Waals surface area contributed by atoms with E-state index in [2.05, 4.69) is 14.9 Å². The maximum absolute atomic E-state index is 14.0. The van der Waals surface area contributed by atoms with Gasteiger partial charge >= 0.3 is 0 Å². The Labute approximate surface area is 137 Å². The van der Waals surface area contributed by atoms with Gasteiger partial charge in [-0.05, 0) is 31.0 Å². The lowest BCUT2D eigenvalue weighted by Gasteiger charge is -2.24. The van der Waals surface area contributed by atoms with E-state index in [9.17, 15) is 9.18 Å². The van der Waals surface area contributed by atoms with Crippen molar-refractivity contribution < 1.29 is 9.18 Å². The predicted octanol–water partition coefficient (Wildman–Crippen LogP) is 3.29. The van der Waals surface area contributed by atoms with E-state index >= 15 is 0 Å². The zero-order valence-electron chi connectivity index (χ0n) is 12.7. The molecule has 4 nitrogen and oxygen atoms in total. The molecule has 6 heteroatoms. The van der Waals surface area contributed by atoms with Crippen molar-refractivity contribution in [1.82, 2.24) is 14.9 Å². The van der Waals surface area contributed by atoms with E-state index < -0.39 is 0 Å². The van der Waals surface area contributed by atoms with Crippen LogP contribution in [0.4, 0.5) is 4.39 Å². The van der Waals surface area contributed by atoms with Gasteiger partial charge in [-0.1, -0.05) is 6.07 Å². The fourth-order valence-corrected chi connectivity index (χ4v) is 4.33. The minimum absolute atomic E-state index is 0.0821. The summed E-state index contributed by atoms with van der Waals surface area (Å²) in [5.41, 5.74) is 0.722. The molecule has 0 bridgehead atoms. The van der Waals surface area contributed by atoms with Crippen molar-refractivity contribution in [3.63, 3.8) is 0 Å². The van der Waals surface area contributed by atoms with Crippen molar-refractivity contribution in [2.75, 3.05) is 0 Å². The fourth-order valence-electron chi connectivity index (χ4n) is 3.21. The second kappa shape index (κ2) is 5.45. The zero-order valence-corrected chi connectivity index (χ0v) is 13.5. The van der Waals surface area contributed by atoms with E-state index in [0.717, 1.165) is 35.5 Å². The SMILES string of the molecule is Cc1c(C(=O)N[C@@H]2CCc3nccn3C2)sc2cccc(F)c12. The van der Waals surface area contributed by atoms with Crippen molar-refractivity contribution in [3.8, 4) is 0 Å². The van der Waals surface area contributed by atoms with Crippen LogP contribution in [0.2, 0.25) is 0 Å². The molecule has 1 atom stereocenters. The van der Waals surface area contributed by atoms with Crippen LogP contribution in [0.3, 0.4) is 0 Å². The van der Waals surface area contributed by atoms with Crippen LogP contribution < -0.4 is 5.32 Å². The molecule has 3 heterocycles. The Morgan fingerprint density at radius 2 is 2.35 bits per heavy atom.